The molecule has 1 aliphatic heterocycles. The summed E-state index contributed by atoms with van der Waals surface area (Å²) in [4.78, 5) is 0. The summed E-state index contributed by atoms with van der Waals surface area (Å²) in [6, 6.07) is 9.32. The van der Waals surface area contributed by atoms with Gasteiger partial charge in [-0.3, -0.25) is 0 Å². The molecule has 3 heteroatoms. The van der Waals surface area contributed by atoms with Crippen LogP contribution in [-0.4, -0.2) is 19.3 Å². The molecule has 76 valence electrons. The van der Waals surface area contributed by atoms with Gasteiger partial charge in [-0.15, -0.1) is 0 Å². The Morgan fingerprint density at radius 3 is 2.86 bits per heavy atom. The van der Waals surface area contributed by atoms with Gasteiger partial charge in [0.1, 0.15) is 0 Å². The van der Waals surface area contributed by atoms with Crippen LogP contribution >= 0.6 is 15.9 Å². The Labute approximate surface area is 92.8 Å². The molecule has 0 saturated carbocycles. The molecule has 1 aliphatic rings. The molecule has 1 unspecified atom stereocenters. The van der Waals surface area contributed by atoms with E-state index in [9.17, 15) is 0 Å². The van der Waals surface area contributed by atoms with Crippen molar-refractivity contribution in [3.05, 3.63) is 34.3 Å². The van der Waals surface area contributed by atoms with Gasteiger partial charge in [0.25, 0.3) is 0 Å². The molecule has 0 bridgehead atoms. The van der Waals surface area contributed by atoms with E-state index in [2.05, 4.69) is 46.4 Å². The lowest BCUT2D eigenvalue weighted by Gasteiger charge is -2.30. The van der Waals surface area contributed by atoms with Crippen molar-refractivity contribution in [2.45, 2.75) is 19.0 Å². The summed E-state index contributed by atoms with van der Waals surface area (Å²) in [5, 5.41) is 3.51. The summed E-state index contributed by atoms with van der Waals surface area (Å²) in [5.74, 6) is 0. The molecule has 14 heavy (non-hydrogen) atoms. The zero-order valence-corrected chi connectivity index (χ0v) is 9.75. The second kappa shape index (κ2) is 4.43. The van der Waals surface area contributed by atoms with Gasteiger partial charge in [-0.1, -0.05) is 28.1 Å². The lowest BCUT2D eigenvalue weighted by atomic mass is 10.1. The van der Waals surface area contributed by atoms with Crippen LogP contribution in [0.5, 0.6) is 0 Å². The van der Waals surface area contributed by atoms with E-state index in [1.54, 1.807) is 0 Å². The number of hydrogen-bond donors (Lipinski definition) is 1. The predicted molar refractivity (Wildman–Crippen MR) is 60.3 cm³/mol. The summed E-state index contributed by atoms with van der Waals surface area (Å²) >= 11 is 3.48. The van der Waals surface area contributed by atoms with Crippen LogP contribution in [0.25, 0.3) is 0 Å². The van der Waals surface area contributed by atoms with Crippen LogP contribution in [0.1, 0.15) is 18.5 Å². The lowest BCUT2D eigenvalue weighted by Crippen LogP contribution is -2.46. The molecular formula is C11H14BrNO. The van der Waals surface area contributed by atoms with Crippen LogP contribution in [0.2, 0.25) is 0 Å². The highest BCUT2D eigenvalue weighted by Gasteiger charge is 2.20. The smallest absolute Gasteiger partial charge is 0.0643 e. The van der Waals surface area contributed by atoms with Gasteiger partial charge in [-0.25, -0.2) is 0 Å². The zero-order valence-electron chi connectivity index (χ0n) is 8.16. The maximum atomic E-state index is 5.12. The minimum absolute atomic E-state index is 0.390. The van der Waals surface area contributed by atoms with E-state index in [-0.39, 0.29) is 0 Å². The fourth-order valence-electron chi connectivity index (χ4n) is 1.56. The van der Waals surface area contributed by atoms with Crippen molar-refractivity contribution in [2.24, 2.45) is 0 Å². The average molecular weight is 256 g/mol. The molecule has 0 radical (unpaired) electrons. The van der Waals surface area contributed by atoms with E-state index in [0.29, 0.717) is 12.1 Å². The minimum Gasteiger partial charge on any atom is -0.378 e. The predicted octanol–water partition coefficient (Wildman–Crippen LogP) is 2.50. The van der Waals surface area contributed by atoms with Crippen molar-refractivity contribution in [3.63, 3.8) is 0 Å². The van der Waals surface area contributed by atoms with Gasteiger partial charge in [-0.2, -0.15) is 0 Å². The number of hydrogen-bond acceptors (Lipinski definition) is 2. The molecule has 1 aromatic carbocycles. The molecule has 1 N–H and O–H groups in total. The Hall–Kier alpha value is -0.380. The van der Waals surface area contributed by atoms with Gasteiger partial charge in [0.15, 0.2) is 0 Å². The van der Waals surface area contributed by atoms with Crippen molar-refractivity contribution in [2.75, 3.05) is 13.2 Å². The Morgan fingerprint density at radius 1 is 1.50 bits per heavy atom. The third-order valence-corrected chi connectivity index (χ3v) is 2.97. The van der Waals surface area contributed by atoms with Crippen LogP contribution in [0.15, 0.2) is 28.7 Å². The van der Waals surface area contributed by atoms with Crippen LogP contribution in [0.3, 0.4) is 0 Å². The molecule has 1 aromatic rings. The topological polar surface area (TPSA) is 21.3 Å². The molecule has 0 spiro atoms. The fourth-order valence-corrected chi connectivity index (χ4v) is 1.97. The second-order valence-electron chi connectivity index (χ2n) is 3.68. The first-order valence-electron chi connectivity index (χ1n) is 4.85. The van der Waals surface area contributed by atoms with Crippen molar-refractivity contribution in [1.29, 1.82) is 0 Å². The molecule has 1 fully saturated rings. The molecule has 0 aromatic heterocycles. The second-order valence-corrected chi connectivity index (χ2v) is 4.59. The summed E-state index contributed by atoms with van der Waals surface area (Å²) in [7, 11) is 0. The zero-order chi connectivity index (χ0) is 9.97. The SMILES string of the molecule is CC(NC1COC1)c1cccc(Br)c1. The van der Waals surface area contributed by atoms with Gasteiger partial charge in [-0.05, 0) is 24.6 Å². The van der Waals surface area contributed by atoms with E-state index < -0.39 is 0 Å². The van der Waals surface area contributed by atoms with E-state index in [1.165, 1.54) is 5.56 Å². The van der Waals surface area contributed by atoms with Crippen molar-refractivity contribution in [1.82, 2.24) is 5.32 Å². The first kappa shape index (κ1) is 10.1. The van der Waals surface area contributed by atoms with Crippen molar-refractivity contribution in [3.8, 4) is 0 Å². The van der Waals surface area contributed by atoms with Gasteiger partial charge < -0.3 is 10.1 Å². The highest BCUT2D eigenvalue weighted by molar-refractivity contribution is 9.10. The molecule has 2 rings (SSSR count). The third kappa shape index (κ3) is 2.35. The normalized spacial score (nSPS) is 19.0. The van der Waals surface area contributed by atoms with E-state index in [1.807, 2.05) is 6.07 Å². The van der Waals surface area contributed by atoms with Crippen LogP contribution in [0, 0.1) is 0 Å². The minimum atomic E-state index is 0.390. The Morgan fingerprint density at radius 2 is 2.29 bits per heavy atom. The monoisotopic (exact) mass is 255 g/mol. The number of ether oxygens (including phenoxy) is 1. The van der Waals surface area contributed by atoms with Crippen molar-refractivity contribution >= 4 is 15.9 Å². The lowest BCUT2D eigenvalue weighted by molar-refractivity contribution is -0.00925. The fraction of sp³-hybridized carbons (Fsp3) is 0.455. The molecular weight excluding hydrogens is 242 g/mol. The quantitative estimate of drug-likeness (QED) is 0.897. The maximum Gasteiger partial charge on any atom is 0.0643 e. The molecule has 1 heterocycles. The van der Waals surface area contributed by atoms with Crippen LogP contribution in [-0.2, 0) is 4.74 Å². The summed E-state index contributed by atoms with van der Waals surface area (Å²) < 4.78 is 6.26. The Balaban J connectivity index is 1.98. The molecule has 0 aliphatic carbocycles. The first-order valence-corrected chi connectivity index (χ1v) is 5.64. The molecule has 1 atom stereocenters. The highest BCUT2D eigenvalue weighted by atomic mass is 79.9. The Kier molecular flexibility index (Phi) is 3.21. The van der Waals surface area contributed by atoms with E-state index in [4.69, 9.17) is 4.74 Å². The number of halogens is 1. The third-order valence-electron chi connectivity index (χ3n) is 2.47. The molecule has 1 saturated heterocycles. The molecule has 0 amide bonds. The van der Waals surface area contributed by atoms with E-state index in [0.717, 1.165) is 17.7 Å². The first-order chi connectivity index (χ1) is 6.75. The van der Waals surface area contributed by atoms with Gasteiger partial charge >= 0.3 is 0 Å². The largest absolute Gasteiger partial charge is 0.378 e. The van der Waals surface area contributed by atoms with Crippen LogP contribution in [0.4, 0.5) is 0 Å². The van der Waals surface area contributed by atoms with Crippen molar-refractivity contribution < 1.29 is 4.74 Å². The number of nitrogens with one attached hydrogen (secondary N) is 1. The van der Waals surface area contributed by atoms with Gasteiger partial charge in [0.05, 0.1) is 19.3 Å². The van der Waals surface area contributed by atoms with Gasteiger partial charge in [0, 0.05) is 10.5 Å². The highest BCUT2D eigenvalue weighted by Crippen LogP contribution is 2.19. The summed E-state index contributed by atoms with van der Waals surface area (Å²) in [6.07, 6.45) is 0. The standard InChI is InChI=1S/C11H14BrNO/c1-8(13-11-6-14-7-11)9-3-2-4-10(12)5-9/h2-5,8,11,13H,6-7H2,1H3. The van der Waals surface area contributed by atoms with Gasteiger partial charge in [0.2, 0.25) is 0 Å². The van der Waals surface area contributed by atoms with Crippen LogP contribution < -0.4 is 5.32 Å². The molecule has 2 nitrogen and oxygen atoms in total. The summed E-state index contributed by atoms with van der Waals surface area (Å²) in [6.45, 7) is 3.87. The number of benzene rings is 1. The van der Waals surface area contributed by atoms with E-state index >= 15 is 0 Å². The average Bonchev–Trinajstić information content (AvgIpc) is 2.11. The number of rotatable bonds is 3. The summed E-state index contributed by atoms with van der Waals surface area (Å²) in [5.41, 5.74) is 1.31. The maximum absolute atomic E-state index is 5.12. The Bertz CT molecular complexity index is 312.